The third-order valence-corrected chi connectivity index (χ3v) is 7.79. The van der Waals surface area contributed by atoms with Gasteiger partial charge in [0.2, 0.25) is 0 Å². The van der Waals surface area contributed by atoms with E-state index in [-0.39, 0.29) is 17.6 Å². The zero-order valence-electron chi connectivity index (χ0n) is 24.9. The summed E-state index contributed by atoms with van der Waals surface area (Å²) in [6, 6.07) is 32.6. The van der Waals surface area contributed by atoms with Gasteiger partial charge in [-0.2, -0.15) is 0 Å². The lowest BCUT2D eigenvalue weighted by molar-refractivity contribution is 0.0593. The molecule has 0 aromatic heterocycles. The van der Waals surface area contributed by atoms with Crippen LogP contribution in [-0.2, 0) is 17.8 Å². The number of hydrogen-bond donors (Lipinski definition) is 4. The number of likely N-dealkylation sites (tertiary alicyclic amines) is 1. The van der Waals surface area contributed by atoms with Crippen LogP contribution in [0.25, 0.3) is 11.1 Å². The van der Waals surface area contributed by atoms with E-state index in [1.54, 1.807) is 12.1 Å². The number of ether oxygens (including phenoxy) is 1. The number of hydrogen-bond acceptors (Lipinski definition) is 7. The number of phenols is 1. The van der Waals surface area contributed by atoms with Crippen molar-refractivity contribution in [2.45, 2.75) is 32.0 Å². The molecule has 1 heterocycles. The number of para-hydroxylation sites is 1. The van der Waals surface area contributed by atoms with Crippen molar-refractivity contribution in [2.75, 3.05) is 38.0 Å². The largest absolute Gasteiger partial charge is 0.508 e. The molecule has 0 saturated carbocycles. The van der Waals surface area contributed by atoms with E-state index in [9.17, 15) is 14.7 Å². The zero-order valence-corrected chi connectivity index (χ0v) is 24.9. The van der Waals surface area contributed by atoms with E-state index in [4.69, 9.17) is 4.74 Å². The van der Waals surface area contributed by atoms with Gasteiger partial charge in [-0.25, -0.2) is 4.79 Å². The molecule has 1 aliphatic rings. The van der Waals surface area contributed by atoms with Crippen LogP contribution in [-0.4, -0.2) is 60.7 Å². The number of piperidine rings is 1. The number of carbonyl (C=O) groups excluding carboxylic acids is 2. The first kappa shape index (κ1) is 30.9. The van der Waals surface area contributed by atoms with Gasteiger partial charge in [0, 0.05) is 50.4 Å². The number of aromatic hydroxyl groups is 1. The van der Waals surface area contributed by atoms with Crippen LogP contribution in [0.3, 0.4) is 0 Å². The predicted molar refractivity (Wildman–Crippen MR) is 174 cm³/mol. The lowest BCUT2D eigenvalue weighted by atomic mass is 10.0. The second kappa shape index (κ2) is 15.8. The SMILES string of the molecule is O=C(Nc1ccccc1-c1ccccc1)OC1CCN(CCNCC(=O)c2ccc(CNCc3cccc(O)c3)cc2)CC1. The van der Waals surface area contributed by atoms with Gasteiger partial charge in [-0.15, -0.1) is 0 Å². The van der Waals surface area contributed by atoms with Crippen LogP contribution in [0.1, 0.15) is 34.3 Å². The van der Waals surface area contributed by atoms with Crippen molar-refractivity contribution in [2.24, 2.45) is 0 Å². The Bertz CT molecular complexity index is 1500. The van der Waals surface area contributed by atoms with Crippen molar-refractivity contribution in [1.82, 2.24) is 15.5 Å². The van der Waals surface area contributed by atoms with Crippen LogP contribution >= 0.6 is 0 Å². The molecular formula is C36H40N4O4. The maximum Gasteiger partial charge on any atom is 0.411 e. The molecule has 0 aliphatic carbocycles. The Kier molecular flexibility index (Phi) is 11.1. The highest BCUT2D eigenvalue weighted by Gasteiger charge is 2.22. The number of rotatable bonds is 13. The van der Waals surface area contributed by atoms with Gasteiger partial charge in [-0.1, -0.05) is 84.9 Å². The summed E-state index contributed by atoms with van der Waals surface area (Å²) in [4.78, 5) is 27.6. The van der Waals surface area contributed by atoms with Gasteiger partial charge in [0.25, 0.3) is 0 Å². The number of amides is 1. The average molecular weight is 593 g/mol. The van der Waals surface area contributed by atoms with Crippen molar-refractivity contribution in [1.29, 1.82) is 0 Å². The van der Waals surface area contributed by atoms with Gasteiger partial charge in [0.1, 0.15) is 11.9 Å². The highest BCUT2D eigenvalue weighted by Crippen LogP contribution is 2.28. The molecule has 4 aromatic carbocycles. The average Bonchev–Trinajstić information content (AvgIpc) is 3.05. The molecule has 1 saturated heterocycles. The maximum atomic E-state index is 12.7. The van der Waals surface area contributed by atoms with Crippen LogP contribution in [0.15, 0.2) is 103 Å². The molecule has 4 N–H and O–H groups in total. The third kappa shape index (κ3) is 9.25. The summed E-state index contributed by atoms with van der Waals surface area (Å²) in [5, 5.41) is 19.1. The number of Topliss-reactive ketones (excluding diaryl/α,β-unsaturated/α-hetero) is 1. The van der Waals surface area contributed by atoms with Gasteiger partial charge in [0.05, 0.1) is 12.2 Å². The van der Waals surface area contributed by atoms with Gasteiger partial charge >= 0.3 is 6.09 Å². The van der Waals surface area contributed by atoms with Crippen molar-refractivity contribution < 1.29 is 19.4 Å². The number of phenolic OH excluding ortho intramolecular Hbond substituents is 1. The Hall–Kier alpha value is -4.50. The fourth-order valence-corrected chi connectivity index (χ4v) is 5.37. The Balaban J connectivity index is 0.957. The Morgan fingerprint density at radius 1 is 0.795 bits per heavy atom. The number of ketones is 1. The molecule has 5 rings (SSSR count). The van der Waals surface area contributed by atoms with Crippen LogP contribution < -0.4 is 16.0 Å². The molecule has 4 aromatic rings. The lowest BCUT2D eigenvalue weighted by Crippen LogP contribution is -2.42. The van der Waals surface area contributed by atoms with Crippen molar-refractivity contribution in [3.63, 3.8) is 0 Å². The summed E-state index contributed by atoms with van der Waals surface area (Å²) >= 11 is 0. The minimum absolute atomic E-state index is 0.0660. The molecule has 228 valence electrons. The standard InChI is InChI=1S/C36H40N4O4/c41-31-10-6-7-28(23-31)25-38-24-27-13-15-30(16-14-27)35(42)26-37-19-22-40-20-17-32(18-21-40)44-36(43)39-34-12-5-4-11-33(34)29-8-2-1-3-9-29/h1-16,23,32,37-38,41H,17-22,24-26H2,(H,39,43). The van der Waals surface area contributed by atoms with E-state index in [0.29, 0.717) is 31.7 Å². The smallest absolute Gasteiger partial charge is 0.411 e. The summed E-state index contributed by atoms with van der Waals surface area (Å²) in [7, 11) is 0. The number of benzene rings is 4. The molecule has 8 heteroatoms. The molecule has 0 unspecified atom stereocenters. The molecule has 0 spiro atoms. The van der Waals surface area contributed by atoms with Crippen LogP contribution in [0.4, 0.5) is 10.5 Å². The Morgan fingerprint density at radius 3 is 2.30 bits per heavy atom. The lowest BCUT2D eigenvalue weighted by Gasteiger charge is -2.31. The quantitative estimate of drug-likeness (QED) is 0.114. The predicted octanol–water partition coefficient (Wildman–Crippen LogP) is 5.83. The Labute approximate surface area is 259 Å². The second-order valence-corrected chi connectivity index (χ2v) is 11.1. The van der Waals surface area contributed by atoms with Gasteiger partial charge in [-0.3, -0.25) is 10.1 Å². The fraction of sp³-hybridized carbons (Fsp3) is 0.278. The molecule has 44 heavy (non-hydrogen) atoms. The van der Waals surface area contributed by atoms with E-state index in [2.05, 4.69) is 20.9 Å². The summed E-state index contributed by atoms with van der Waals surface area (Å²) < 4.78 is 5.75. The summed E-state index contributed by atoms with van der Waals surface area (Å²) in [5.74, 6) is 0.329. The molecular weight excluding hydrogens is 552 g/mol. The highest BCUT2D eigenvalue weighted by atomic mass is 16.6. The number of anilines is 1. The summed E-state index contributed by atoms with van der Waals surface area (Å²) in [6.07, 6.45) is 1.02. The minimum Gasteiger partial charge on any atom is -0.508 e. The first-order valence-electron chi connectivity index (χ1n) is 15.2. The fourth-order valence-electron chi connectivity index (χ4n) is 5.37. The Morgan fingerprint density at radius 2 is 1.52 bits per heavy atom. The normalized spacial score (nSPS) is 13.8. The summed E-state index contributed by atoms with van der Waals surface area (Å²) in [6.45, 7) is 4.86. The molecule has 1 fully saturated rings. The molecule has 8 nitrogen and oxygen atoms in total. The van der Waals surface area contributed by atoms with E-state index < -0.39 is 6.09 Å². The number of carbonyl (C=O) groups is 2. The zero-order chi connectivity index (χ0) is 30.6. The van der Waals surface area contributed by atoms with Crippen LogP contribution in [0.2, 0.25) is 0 Å². The van der Waals surface area contributed by atoms with Crippen molar-refractivity contribution in [3.05, 3.63) is 120 Å². The van der Waals surface area contributed by atoms with Crippen LogP contribution in [0.5, 0.6) is 5.75 Å². The summed E-state index contributed by atoms with van der Waals surface area (Å²) in [5.41, 5.74) is 5.53. The highest BCUT2D eigenvalue weighted by molar-refractivity contribution is 5.97. The number of nitrogens with one attached hydrogen (secondary N) is 3. The van der Waals surface area contributed by atoms with Crippen LogP contribution in [0, 0.1) is 0 Å². The van der Waals surface area contributed by atoms with E-state index in [0.717, 1.165) is 60.4 Å². The van der Waals surface area contributed by atoms with E-state index in [1.807, 2.05) is 91.0 Å². The van der Waals surface area contributed by atoms with Gasteiger partial charge in [-0.05, 0) is 47.7 Å². The van der Waals surface area contributed by atoms with E-state index >= 15 is 0 Å². The molecule has 1 amide bonds. The van der Waals surface area contributed by atoms with Gasteiger partial charge in [0.15, 0.2) is 5.78 Å². The van der Waals surface area contributed by atoms with Gasteiger partial charge < -0.3 is 25.4 Å². The molecule has 1 aliphatic heterocycles. The third-order valence-electron chi connectivity index (χ3n) is 7.79. The molecule has 0 bridgehead atoms. The van der Waals surface area contributed by atoms with E-state index in [1.165, 1.54) is 0 Å². The number of nitrogens with zero attached hydrogens (tertiary/aromatic N) is 1. The topological polar surface area (TPSA) is 103 Å². The second-order valence-electron chi connectivity index (χ2n) is 11.1. The first-order valence-corrected chi connectivity index (χ1v) is 15.2. The van der Waals surface area contributed by atoms with Crippen molar-refractivity contribution >= 4 is 17.6 Å². The minimum atomic E-state index is -0.426. The monoisotopic (exact) mass is 592 g/mol. The molecule has 0 radical (unpaired) electrons. The van der Waals surface area contributed by atoms with Crippen molar-refractivity contribution in [3.8, 4) is 16.9 Å². The first-order chi connectivity index (χ1) is 21.5. The maximum absolute atomic E-state index is 12.7. The molecule has 0 atom stereocenters.